The van der Waals surface area contributed by atoms with Gasteiger partial charge in [0, 0.05) is 43.9 Å². The standard InChI is InChI=1S/C27H33N3O9S/c31-17-38-27-24(34)22(32)23(33)26(39-27)37-16-15-36-14-13-29-9-11-30(12-10-29)25-18-5-1-3-7-20(18)40(35)21-8-4-2-6-19(21)28-25/h1-8,17,22-24,26-27,32-34H,9-16H2. The largest absolute Gasteiger partial charge is 0.606 e. The van der Waals surface area contributed by atoms with Crippen LogP contribution in [0.1, 0.15) is 5.56 Å². The number of aliphatic hydroxyl groups is 3. The maximum absolute atomic E-state index is 13.3. The highest BCUT2D eigenvalue weighted by Crippen LogP contribution is 2.36. The van der Waals surface area contributed by atoms with Crippen molar-refractivity contribution in [2.24, 2.45) is 4.99 Å². The molecule has 40 heavy (non-hydrogen) atoms. The van der Waals surface area contributed by atoms with Gasteiger partial charge in [-0.05, 0) is 24.3 Å². The molecular weight excluding hydrogens is 542 g/mol. The van der Waals surface area contributed by atoms with E-state index in [-0.39, 0.29) is 19.7 Å². The summed E-state index contributed by atoms with van der Waals surface area (Å²) in [6.07, 6.45) is -7.38. The van der Waals surface area contributed by atoms with Gasteiger partial charge in [0.05, 0.1) is 25.4 Å². The van der Waals surface area contributed by atoms with Gasteiger partial charge in [-0.2, -0.15) is 0 Å². The maximum atomic E-state index is 13.3. The summed E-state index contributed by atoms with van der Waals surface area (Å²) in [4.78, 5) is 21.5. The quantitative estimate of drug-likeness (QED) is 0.207. The minimum Gasteiger partial charge on any atom is -0.606 e. The van der Waals surface area contributed by atoms with Crippen molar-refractivity contribution in [1.29, 1.82) is 0 Å². The van der Waals surface area contributed by atoms with Crippen LogP contribution in [0.5, 0.6) is 0 Å². The first kappa shape index (κ1) is 28.9. The molecule has 0 saturated carbocycles. The van der Waals surface area contributed by atoms with Gasteiger partial charge in [-0.15, -0.1) is 0 Å². The minimum atomic E-state index is -1.59. The molecule has 0 radical (unpaired) electrons. The molecule has 216 valence electrons. The number of hydrogen-bond donors (Lipinski definition) is 3. The molecule has 3 aliphatic heterocycles. The lowest BCUT2D eigenvalue weighted by atomic mass is 10.0. The van der Waals surface area contributed by atoms with Gasteiger partial charge in [0.25, 0.3) is 6.47 Å². The molecule has 2 aromatic rings. The number of ether oxygens (including phenoxy) is 4. The molecule has 2 saturated heterocycles. The van der Waals surface area contributed by atoms with Gasteiger partial charge in [0.2, 0.25) is 6.29 Å². The predicted molar refractivity (Wildman–Crippen MR) is 142 cm³/mol. The number of para-hydroxylation sites is 1. The van der Waals surface area contributed by atoms with E-state index in [1.807, 2.05) is 48.5 Å². The molecule has 6 atom stereocenters. The number of piperazine rings is 1. The van der Waals surface area contributed by atoms with Crippen molar-refractivity contribution in [2.45, 2.75) is 40.7 Å². The number of rotatable bonds is 9. The number of aliphatic imine (C=N–C) groups is 1. The van der Waals surface area contributed by atoms with E-state index in [0.717, 1.165) is 53.1 Å². The third kappa shape index (κ3) is 6.33. The summed E-state index contributed by atoms with van der Waals surface area (Å²) < 4.78 is 34.2. The number of amidine groups is 1. The first-order valence-electron chi connectivity index (χ1n) is 13.1. The Bertz CT molecular complexity index is 1180. The van der Waals surface area contributed by atoms with Crippen LogP contribution in [0, 0.1) is 0 Å². The highest BCUT2D eigenvalue weighted by molar-refractivity contribution is 7.91. The van der Waals surface area contributed by atoms with Crippen molar-refractivity contribution in [2.75, 3.05) is 52.5 Å². The highest BCUT2D eigenvalue weighted by Gasteiger charge is 2.45. The van der Waals surface area contributed by atoms with Crippen molar-refractivity contribution < 1.29 is 43.6 Å². The number of benzene rings is 2. The van der Waals surface area contributed by atoms with E-state index in [2.05, 4.69) is 14.5 Å². The lowest BCUT2D eigenvalue weighted by Gasteiger charge is -2.38. The molecule has 12 nitrogen and oxygen atoms in total. The van der Waals surface area contributed by atoms with Crippen molar-refractivity contribution in [3.8, 4) is 0 Å². The zero-order valence-corrected chi connectivity index (χ0v) is 22.6. The Hall–Kier alpha value is -2.59. The summed E-state index contributed by atoms with van der Waals surface area (Å²) in [5.41, 5.74) is 1.63. The van der Waals surface area contributed by atoms with E-state index in [1.165, 1.54) is 0 Å². The molecule has 3 N–H and O–H groups in total. The monoisotopic (exact) mass is 575 g/mol. The summed E-state index contributed by atoms with van der Waals surface area (Å²) >= 11 is -1.30. The Balaban J connectivity index is 1.07. The fraction of sp³-hybridized carbons (Fsp3) is 0.481. The van der Waals surface area contributed by atoms with Gasteiger partial charge < -0.3 is 43.7 Å². The second-order valence-electron chi connectivity index (χ2n) is 9.56. The smallest absolute Gasteiger partial charge is 0.295 e. The van der Waals surface area contributed by atoms with Crippen LogP contribution in [0.2, 0.25) is 0 Å². The molecule has 5 rings (SSSR count). The Kier molecular flexibility index (Phi) is 9.68. The second kappa shape index (κ2) is 13.4. The third-order valence-corrected chi connectivity index (χ3v) is 8.57. The van der Waals surface area contributed by atoms with Crippen molar-refractivity contribution in [3.63, 3.8) is 0 Å². The molecule has 6 unspecified atom stereocenters. The molecule has 2 aromatic carbocycles. The summed E-state index contributed by atoms with van der Waals surface area (Å²) in [5.74, 6) is 0.840. The number of nitrogens with zero attached hydrogens (tertiary/aromatic N) is 3. The first-order valence-corrected chi connectivity index (χ1v) is 14.3. The van der Waals surface area contributed by atoms with E-state index in [0.29, 0.717) is 13.2 Å². The van der Waals surface area contributed by atoms with Gasteiger partial charge in [-0.3, -0.25) is 9.69 Å². The van der Waals surface area contributed by atoms with Crippen LogP contribution in [0.3, 0.4) is 0 Å². The maximum Gasteiger partial charge on any atom is 0.295 e. The molecular formula is C27H33N3O9S. The average molecular weight is 576 g/mol. The Morgan fingerprint density at radius 2 is 1.62 bits per heavy atom. The van der Waals surface area contributed by atoms with E-state index in [4.69, 9.17) is 19.2 Å². The molecule has 13 heteroatoms. The molecule has 0 amide bonds. The summed E-state index contributed by atoms with van der Waals surface area (Å²) in [5, 5.41) is 29.7. The van der Waals surface area contributed by atoms with Gasteiger partial charge in [-0.25, -0.2) is 4.99 Å². The van der Waals surface area contributed by atoms with Crippen LogP contribution in [0.15, 0.2) is 63.3 Å². The summed E-state index contributed by atoms with van der Waals surface area (Å²) in [6.45, 7) is 4.70. The fourth-order valence-electron chi connectivity index (χ4n) is 4.88. The Morgan fingerprint density at radius 3 is 2.40 bits per heavy atom. The van der Waals surface area contributed by atoms with Gasteiger partial charge >= 0.3 is 0 Å². The predicted octanol–water partition coefficient (Wildman–Crippen LogP) is -0.166. The van der Waals surface area contributed by atoms with Crippen molar-refractivity contribution in [3.05, 3.63) is 54.1 Å². The number of carbonyl (C=O) groups excluding carboxylic acids is 1. The van der Waals surface area contributed by atoms with E-state index < -0.39 is 42.1 Å². The number of hydrogen-bond acceptors (Lipinski definition) is 12. The molecule has 0 bridgehead atoms. The van der Waals surface area contributed by atoms with Crippen molar-refractivity contribution >= 4 is 29.2 Å². The first-order chi connectivity index (χ1) is 19.5. The highest BCUT2D eigenvalue weighted by atomic mass is 32.2. The van der Waals surface area contributed by atoms with Crippen LogP contribution < -0.4 is 0 Å². The van der Waals surface area contributed by atoms with Gasteiger partial charge in [0.1, 0.15) is 29.8 Å². The third-order valence-electron chi connectivity index (χ3n) is 7.07. The van der Waals surface area contributed by atoms with Crippen molar-refractivity contribution in [1.82, 2.24) is 9.80 Å². The Morgan fingerprint density at radius 1 is 0.925 bits per heavy atom. The number of fused-ring (bicyclic) bond motifs is 2. The minimum absolute atomic E-state index is 0.0637. The molecule has 3 aliphatic rings. The Labute approximate surface area is 234 Å². The normalized spacial score (nSPS) is 28.7. The molecule has 0 aliphatic carbocycles. The van der Waals surface area contributed by atoms with E-state index in [9.17, 15) is 24.7 Å². The molecule has 3 heterocycles. The lowest BCUT2D eigenvalue weighted by Crippen LogP contribution is -2.58. The van der Waals surface area contributed by atoms with Crippen LogP contribution in [-0.4, -0.2) is 125 Å². The number of carbonyl (C=O) groups is 1. The van der Waals surface area contributed by atoms with Gasteiger partial charge in [-0.1, -0.05) is 24.3 Å². The van der Waals surface area contributed by atoms with Crippen LogP contribution in [0.25, 0.3) is 0 Å². The summed E-state index contributed by atoms with van der Waals surface area (Å²) in [6, 6.07) is 15.3. The lowest BCUT2D eigenvalue weighted by molar-refractivity contribution is -0.340. The zero-order chi connectivity index (χ0) is 28.1. The molecule has 0 spiro atoms. The topological polar surface area (TPSA) is 157 Å². The number of aliphatic hydroxyl groups excluding tert-OH is 3. The molecule has 0 aromatic heterocycles. The second-order valence-corrected chi connectivity index (χ2v) is 11.0. The van der Waals surface area contributed by atoms with Crippen LogP contribution in [0.4, 0.5) is 5.69 Å². The zero-order valence-electron chi connectivity index (χ0n) is 21.8. The van der Waals surface area contributed by atoms with Crippen LogP contribution in [-0.2, 0) is 34.9 Å². The average Bonchev–Trinajstić information content (AvgIpc) is 3.11. The van der Waals surface area contributed by atoms with E-state index in [1.54, 1.807) is 0 Å². The van der Waals surface area contributed by atoms with E-state index >= 15 is 0 Å². The fourth-order valence-corrected chi connectivity index (χ4v) is 6.18. The van der Waals surface area contributed by atoms with Crippen LogP contribution >= 0.6 is 0 Å². The van der Waals surface area contributed by atoms with Gasteiger partial charge in [0.15, 0.2) is 16.1 Å². The molecule has 2 fully saturated rings. The SMILES string of the molecule is O=COC1OC(OCCOCCN2CCN(C3=Nc4ccccc4[S+]([O-])c4ccccc43)CC2)C(O)C(O)C1O. The summed E-state index contributed by atoms with van der Waals surface area (Å²) in [7, 11) is 0.